The van der Waals surface area contributed by atoms with Crippen molar-refractivity contribution in [2.45, 2.75) is 27.3 Å². The lowest BCUT2D eigenvalue weighted by molar-refractivity contribution is -0.153. The number of hydrogen-bond acceptors (Lipinski definition) is 4. The number of aryl methyl sites for hydroxylation is 1. The molecule has 0 spiro atoms. The van der Waals surface area contributed by atoms with Crippen LogP contribution in [-0.2, 0) is 16.1 Å². The van der Waals surface area contributed by atoms with Crippen molar-refractivity contribution in [2.75, 3.05) is 0 Å². The number of amides is 1. The zero-order valence-corrected chi connectivity index (χ0v) is 10.2. The Labute approximate surface area is 97.5 Å². The fraction of sp³-hybridized carbons (Fsp3) is 0.500. The van der Waals surface area contributed by atoms with Crippen molar-refractivity contribution in [3.05, 3.63) is 16.1 Å². The van der Waals surface area contributed by atoms with Gasteiger partial charge in [0.25, 0.3) is 0 Å². The molecule has 0 saturated carbocycles. The number of thiazole rings is 1. The first kappa shape index (κ1) is 12.6. The summed E-state index contributed by atoms with van der Waals surface area (Å²) in [6, 6.07) is 0. The molecule has 0 bridgehead atoms. The highest BCUT2D eigenvalue weighted by atomic mass is 32.1. The number of aliphatic carboxylic acids is 1. The summed E-state index contributed by atoms with van der Waals surface area (Å²) in [7, 11) is 0. The van der Waals surface area contributed by atoms with Crippen LogP contribution in [0.1, 0.15) is 24.5 Å². The lowest BCUT2D eigenvalue weighted by Gasteiger charge is -2.17. The first-order valence-corrected chi connectivity index (χ1v) is 5.64. The van der Waals surface area contributed by atoms with E-state index in [1.165, 1.54) is 25.2 Å². The lowest BCUT2D eigenvalue weighted by atomic mass is 9.93. The molecule has 16 heavy (non-hydrogen) atoms. The Balaban J connectivity index is 2.56. The van der Waals surface area contributed by atoms with Gasteiger partial charge >= 0.3 is 5.97 Å². The van der Waals surface area contributed by atoms with Crippen molar-refractivity contribution in [1.29, 1.82) is 0 Å². The van der Waals surface area contributed by atoms with Gasteiger partial charge in [-0.15, -0.1) is 11.3 Å². The average Bonchev–Trinajstić information content (AvgIpc) is 2.60. The molecule has 1 rings (SSSR count). The van der Waals surface area contributed by atoms with E-state index >= 15 is 0 Å². The Morgan fingerprint density at radius 1 is 1.56 bits per heavy atom. The largest absolute Gasteiger partial charge is 0.480 e. The van der Waals surface area contributed by atoms with Crippen molar-refractivity contribution in [3.63, 3.8) is 0 Å². The maximum Gasteiger partial charge on any atom is 0.318 e. The van der Waals surface area contributed by atoms with E-state index in [4.69, 9.17) is 5.11 Å². The van der Waals surface area contributed by atoms with Gasteiger partial charge in [-0.2, -0.15) is 0 Å². The van der Waals surface area contributed by atoms with Gasteiger partial charge in [0.2, 0.25) is 5.91 Å². The van der Waals surface area contributed by atoms with Gasteiger partial charge in [0.05, 0.1) is 6.54 Å². The second-order valence-corrected chi connectivity index (χ2v) is 4.94. The van der Waals surface area contributed by atoms with Gasteiger partial charge in [-0.1, -0.05) is 0 Å². The molecule has 0 atom stereocenters. The monoisotopic (exact) mass is 242 g/mol. The van der Waals surface area contributed by atoms with Crippen LogP contribution < -0.4 is 5.32 Å². The van der Waals surface area contributed by atoms with Gasteiger partial charge in [0, 0.05) is 11.1 Å². The minimum Gasteiger partial charge on any atom is -0.480 e. The maximum atomic E-state index is 11.6. The Hall–Kier alpha value is -1.43. The summed E-state index contributed by atoms with van der Waals surface area (Å²) in [6.07, 6.45) is 0. The minimum absolute atomic E-state index is 0.272. The van der Waals surface area contributed by atoms with Gasteiger partial charge in [-0.25, -0.2) is 4.98 Å². The molecular formula is C10H14N2O3S. The van der Waals surface area contributed by atoms with Crippen LogP contribution in [0.4, 0.5) is 0 Å². The Morgan fingerprint density at radius 2 is 2.19 bits per heavy atom. The van der Waals surface area contributed by atoms with Gasteiger partial charge in [-0.05, 0) is 20.8 Å². The van der Waals surface area contributed by atoms with Gasteiger partial charge in [0.15, 0.2) is 0 Å². The third-order valence-electron chi connectivity index (χ3n) is 2.17. The summed E-state index contributed by atoms with van der Waals surface area (Å²) in [4.78, 5) is 26.5. The maximum absolute atomic E-state index is 11.6. The lowest BCUT2D eigenvalue weighted by Crippen LogP contribution is -2.41. The molecule has 0 radical (unpaired) electrons. The van der Waals surface area contributed by atoms with E-state index in [0.717, 1.165) is 10.7 Å². The molecule has 0 aliphatic heterocycles. The smallest absolute Gasteiger partial charge is 0.318 e. The second kappa shape index (κ2) is 4.61. The van der Waals surface area contributed by atoms with Crippen LogP contribution in [0.15, 0.2) is 5.38 Å². The molecular weight excluding hydrogens is 228 g/mol. The van der Waals surface area contributed by atoms with Crippen LogP contribution in [-0.4, -0.2) is 22.0 Å². The van der Waals surface area contributed by atoms with Crippen molar-refractivity contribution in [2.24, 2.45) is 5.41 Å². The first-order chi connectivity index (χ1) is 7.34. The highest BCUT2D eigenvalue weighted by molar-refractivity contribution is 7.09. The number of carboxylic acid groups (broad SMARTS) is 1. The molecule has 0 aromatic carbocycles. The van der Waals surface area contributed by atoms with Crippen LogP contribution in [0.25, 0.3) is 0 Å². The predicted octanol–water partition coefficient (Wildman–Crippen LogP) is 1.18. The van der Waals surface area contributed by atoms with E-state index in [9.17, 15) is 9.59 Å². The molecule has 5 nitrogen and oxygen atoms in total. The molecule has 1 aromatic rings. The third-order valence-corrected chi connectivity index (χ3v) is 3.14. The number of hydrogen-bond donors (Lipinski definition) is 2. The fourth-order valence-corrected chi connectivity index (χ4v) is 1.67. The van der Waals surface area contributed by atoms with E-state index in [-0.39, 0.29) is 6.54 Å². The molecule has 2 N–H and O–H groups in total. The summed E-state index contributed by atoms with van der Waals surface area (Å²) in [5, 5.41) is 14.1. The number of nitrogens with one attached hydrogen (secondary N) is 1. The minimum atomic E-state index is -1.41. The van der Waals surface area contributed by atoms with Crippen LogP contribution in [0.2, 0.25) is 0 Å². The fourth-order valence-electron chi connectivity index (χ4n) is 0.958. The standard InChI is InChI=1S/C10H14N2O3S/c1-6-5-16-7(12-6)4-11-8(13)10(2,3)9(14)15/h5H,4H2,1-3H3,(H,11,13)(H,14,15). The van der Waals surface area contributed by atoms with Crippen LogP contribution in [0.5, 0.6) is 0 Å². The van der Waals surface area contributed by atoms with E-state index in [1.54, 1.807) is 0 Å². The molecule has 6 heteroatoms. The summed E-state index contributed by atoms with van der Waals surface area (Å²) < 4.78 is 0. The molecule has 0 fully saturated rings. The number of aromatic nitrogens is 1. The third kappa shape index (κ3) is 2.79. The molecule has 1 heterocycles. The first-order valence-electron chi connectivity index (χ1n) is 4.76. The number of nitrogens with zero attached hydrogens (tertiary/aromatic N) is 1. The van der Waals surface area contributed by atoms with E-state index in [1.807, 2.05) is 12.3 Å². The van der Waals surface area contributed by atoms with E-state index < -0.39 is 17.3 Å². The van der Waals surface area contributed by atoms with Crippen molar-refractivity contribution >= 4 is 23.2 Å². The summed E-state index contributed by atoms with van der Waals surface area (Å²) in [6.45, 7) is 4.88. The van der Waals surface area contributed by atoms with Crippen molar-refractivity contribution in [1.82, 2.24) is 10.3 Å². The number of carbonyl (C=O) groups is 2. The molecule has 0 saturated heterocycles. The average molecular weight is 242 g/mol. The van der Waals surface area contributed by atoms with E-state index in [2.05, 4.69) is 10.3 Å². The van der Waals surface area contributed by atoms with E-state index in [0.29, 0.717) is 0 Å². The Bertz CT molecular complexity index is 412. The van der Waals surface area contributed by atoms with Gasteiger partial charge in [0.1, 0.15) is 10.4 Å². The summed E-state index contributed by atoms with van der Waals surface area (Å²) in [5.41, 5.74) is -0.515. The molecule has 88 valence electrons. The predicted molar refractivity (Wildman–Crippen MR) is 60.1 cm³/mol. The van der Waals surface area contributed by atoms with Gasteiger partial charge < -0.3 is 10.4 Å². The highest BCUT2D eigenvalue weighted by Crippen LogP contribution is 2.16. The quantitative estimate of drug-likeness (QED) is 0.777. The highest BCUT2D eigenvalue weighted by Gasteiger charge is 2.35. The number of carbonyl (C=O) groups excluding carboxylic acids is 1. The molecule has 0 aliphatic carbocycles. The summed E-state index contributed by atoms with van der Waals surface area (Å²) >= 11 is 1.44. The number of carboxylic acids is 1. The van der Waals surface area contributed by atoms with Crippen LogP contribution >= 0.6 is 11.3 Å². The second-order valence-electron chi connectivity index (χ2n) is 4.00. The zero-order valence-electron chi connectivity index (χ0n) is 9.40. The van der Waals surface area contributed by atoms with Gasteiger partial charge in [-0.3, -0.25) is 9.59 Å². The topological polar surface area (TPSA) is 79.3 Å². The molecule has 0 unspecified atom stereocenters. The van der Waals surface area contributed by atoms with Crippen LogP contribution in [0.3, 0.4) is 0 Å². The summed E-state index contributed by atoms with van der Waals surface area (Å²) in [5.74, 6) is -1.65. The number of rotatable bonds is 4. The van der Waals surface area contributed by atoms with Crippen LogP contribution in [0, 0.1) is 12.3 Å². The SMILES string of the molecule is Cc1csc(CNC(=O)C(C)(C)C(=O)O)n1. The van der Waals surface area contributed by atoms with Crippen molar-refractivity contribution < 1.29 is 14.7 Å². The molecule has 1 amide bonds. The molecule has 1 aromatic heterocycles. The zero-order chi connectivity index (χ0) is 12.3. The normalized spacial score (nSPS) is 11.2. The van der Waals surface area contributed by atoms with Crippen molar-refractivity contribution in [3.8, 4) is 0 Å². The Kier molecular flexibility index (Phi) is 3.64. The molecule has 0 aliphatic rings. The Morgan fingerprint density at radius 3 is 2.62 bits per heavy atom.